The summed E-state index contributed by atoms with van der Waals surface area (Å²) in [5, 5.41) is 0. The van der Waals surface area contributed by atoms with Gasteiger partial charge >= 0.3 is 0 Å². The van der Waals surface area contributed by atoms with Crippen LogP contribution in [0.25, 0.3) is 0 Å². The maximum atomic E-state index is 12.4. The van der Waals surface area contributed by atoms with Crippen LogP contribution in [0.2, 0.25) is 0 Å². The summed E-state index contributed by atoms with van der Waals surface area (Å²) in [5.74, 6) is 2.23. The Bertz CT molecular complexity index is 407. The molecule has 0 bridgehead atoms. The summed E-state index contributed by atoms with van der Waals surface area (Å²) in [6, 6.07) is 5.96. The van der Waals surface area contributed by atoms with E-state index >= 15 is 0 Å². The number of nitrogens with two attached hydrogens (primary N) is 1. The van der Waals surface area contributed by atoms with Gasteiger partial charge in [0.25, 0.3) is 5.91 Å². The number of nitrogen functional groups attached to an aromatic ring is 1. The van der Waals surface area contributed by atoms with Crippen molar-refractivity contribution in [2.75, 3.05) is 24.3 Å². The van der Waals surface area contributed by atoms with Crippen LogP contribution >= 0.6 is 11.8 Å². The van der Waals surface area contributed by atoms with E-state index in [9.17, 15) is 4.79 Å². The van der Waals surface area contributed by atoms with Gasteiger partial charge in [-0.15, -0.1) is 0 Å². The second-order valence-corrected chi connectivity index (χ2v) is 5.62. The van der Waals surface area contributed by atoms with Gasteiger partial charge in [0.05, 0.1) is 5.56 Å². The molecule has 1 unspecified atom stereocenters. The fourth-order valence-electron chi connectivity index (χ4n) is 2.15. The lowest BCUT2D eigenvalue weighted by molar-refractivity contribution is 0.0748. The Hall–Kier alpha value is -1.16. The van der Waals surface area contributed by atoms with Crippen molar-refractivity contribution in [1.82, 2.24) is 4.90 Å². The smallest absolute Gasteiger partial charge is 0.256 e. The molecule has 0 radical (unpaired) electrons. The zero-order valence-corrected chi connectivity index (χ0v) is 11.1. The highest BCUT2D eigenvalue weighted by Gasteiger charge is 2.26. The maximum absolute atomic E-state index is 12.4. The lowest BCUT2D eigenvalue weighted by Crippen LogP contribution is -2.37. The predicted molar refractivity (Wildman–Crippen MR) is 73.4 cm³/mol. The van der Waals surface area contributed by atoms with Gasteiger partial charge in [-0.2, -0.15) is 11.8 Å². The first-order valence-electron chi connectivity index (χ1n) is 5.81. The Kier molecular flexibility index (Phi) is 3.62. The van der Waals surface area contributed by atoms with Gasteiger partial charge < -0.3 is 10.6 Å². The number of carbonyl (C=O) groups is 1. The first kappa shape index (κ1) is 12.3. The molecule has 1 aromatic carbocycles. The Labute approximate surface area is 106 Å². The minimum absolute atomic E-state index is 0.0492. The van der Waals surface area contributed by atoms with Crippen LogP contribution in [0.15, 0.2) is 18.2 Å². The minimum Gasteiger partial charge on any atom is -0.398 e. The number of nitrogens with zero attached hydrogens (tertiary/aromatic N) is 1. The highest BCUT2D eigenvalue weighted by Crippen LogP contribution is 2.25. The SMILES string of the molecule is Cc1cccc(N)c1C(=O)N(C)C1CCSC1. The van der Waals surface area contributed by atoms with Crippen molar-refractivity contribution >= 4 is 23.4 Å². The number of benzene rings is 1. The highest BCUT2D eigenvalue weighted by molar-refractivity contribution is 7.99. The predicted octanol–water partition coefficient (Wildman–Crippen LogP) is 2.15. The Morgan fingerprint density at radius 2 is 2.29 bits per heavy atom. The second kappa shape index (κ2) is 5.00. The van der Waals surface area contributed by atoms with E-state index in [1.54, 1.807) is 6.07 Å². The zero-order valence-electron chi connectivity index (χ0n) is 10.3. The van der Waals surface area contributed by atoms with E-state index in [1.165, 1.54) is 0 Å². The quantitative estimate of drug-likeness (QED) is 0.818. The van der Waals surface area contributed by atoms with Crippen LogP contribution in [-0.4, -0.2) is 35.4 Å². The molecule has 1 aliphatic heterocycles. The van der Waals surface area contributed by atoms with E-state index < -0.39 is 0 Å². The number of thioether (sulfide) groups is 1. The van der Waals surface area contributed by atoms with Gasteiger partial charge in [0.1, 0.15) is 0 Å². The Morgan fingerprint density at radius 3 is 2.88 bits per heavy atom. The molecule has 1 saturated heterocycles. The second-order valence-electron chi connectivity index (χ2n) is 4.47. The van der Waals surface area contributed by atoms with Crippen LogP contribution in [0.5, 0.6) is 0 Å². The molecule has 17 heavy (non-hydrogen) atoms. The largest absolute Gasteiger partial charge is 0.398 e. The van der Waals surface area contributed by atoms with E-state index in [4.69, 9.17) is 5.73 Å². The minimum atomic E-state index is 0.0492. The van der Waals surface area contributed by atoms with E-state index in [2.05, 4.69) is 0 Å². The molecular weight excluding hydrogens is 232 g/mol. The lowest BCUT2D eigenvalue weighted by atomic mass is 10.0. The van der Waals surface area contributed by atoms with Crippen molar-refractivity contribution in [3.8, 4) is 0 Å². The Morgan fingerprint density at radius 1 is 1.53 bits per heavy atom. The summed E-state index contributed by atoms with van der Waals surface area (Å²) >= 11 is 1.91. The van der Waals surface area contributed by atoms with E-state index in [-0.39, 0.29) is 5.91 Å². The van der Waals surface area contributed by atoms with E-state index in [1.807, 2.05) is 42.8 Å². The molecule has 2 N–H and O–H groups in total. The van der Waals surface area contributed by atoms with Crippen LogP contribution in [0.1, 0.15) is 22.3 Å². The molecular formula is C13H18N2OS. The number of rotatable bonds is 2. The van der Waals surface area contributed by atoms with Crippen LogP contribution in [0.3, 0.4) is 0 Å². The summed E-state index contributed by atoms with van der Waals surface area (Å²) in [7, 11) is 1.88. The van der Waals surface area contributed by atoms with E-state index in [0.717, 1.165) is 23.5 Å². The normalized spacial score (nSPS) is 19.3. The molecule has 0 saturated carbocycles. The number of hydrogen-bond donors (Lipinski definition) is 1. The fourth-order valence-corrected chi connectivity index (χ4v) is 3.42. The summed E-state index contributed by atoms with van der Waals surface area (Å²) in [5.41, 5.74) is 8.09. The molecule has 0 aromatic heterocycles. The van der Waals surface area contributed by atoms with Gasteiger partial charge in [-0.3, -0.25) is 4.79 Å². The number of aryl methyl sites for hydroxylation is 1. The van der Waals surface area contributed by atoms with Crippen molar-refractivity contribution in [3.63, 3.8) is 0 Å². The topological polar surface area (TPSA) is 46.3 Å². The molecule has 1 atom stereocenters. The van der Waals surface area contributed by atoms with E-state index in [0.29, 0.717) is 17.3 Å². The van der Waals surface area contributed by atoms with Gasteiger partial charge in [0, 0.05) is 24.5 Å². The van der Waals surface area contributed by atoms with Gasteiger partial charge in [-0.05, 0) is 30.7 Å². The third-order valence-corrected chi connectivity index (χ3v) is 4.44. The summed E-state index contributed by atoms with van der Waals surface area (Å²) in [6.07, 6.45) is 1.08. The van der Waals surface area contributed by atoms with Crippen LogP contribution in [0, 0.1) is 6.92 Å². The first-order valence-corrected chi connectivity index (χ1v) is 6.96. The van der Waals surface area contributed by atoms with Gasteiger partial charge in [0.15, 0.2) is 0 Å². The average Bonchev–Trinajstić information content (AvgIpc) is 2.81. The highest BCUT2D eigenvalue weighted by atomic mass is 32.2. The molecule has 1 aliphatic rings. The van der Waals surface area contributed by atoms with Crippen molar-refractivity contribution < 1.29 is 4.79 Å². The zero-order chi connectivity index (χ0) is 12.4. The van der Waals surface area contributed by atoms with Crippen molar-refractivity contribution in [1.29, 1.82) is 0 Å². The summed E-state index contributed by atoms with van der Waals surface area (Å²) in [6.45, 7) is 1.93. The van der Waals surface area contributed by atoms with Crippen molar-refractivity contribution in [3.05, 3.63) is 29.3 Å². The molecule has 1 fully saturated rings. The van der Waals surface area contributed by atoms with Gasteiger partial charge in [-0.25, -0.2) is 0 Å². The molecule has 1 aromatic rings. The number of hydrogen-bond acceptors (Lipinski definition) is 3. The maximum Gasteiger partial charge on any atom is 0.256 e. The first-order chi connectivity index (χ1) is 8.11. The number of anilines is 1. The third-order valence-electron chi connectivity index (χ3n) is 3.29. The standard InChI is InChI=1S/C13H18N2OS/c1-9-4-3-5-11(14)12(9)13(16)15(2)10-6-7-17-8-10/h3-5,10H,6-8,14H2,1-2H3. The molecule has 0 spiro atoms. The van der Waals surface area contributed by atoms with Crippen LogP contribution in [0.4, 0.5) is 5.69 Å². The number of carbonyl (C=O) groups excluding carboxylic acids is 1. The molecule has 4 heteroatoms. The molecule has 2 rings (SSSR count). The summed E-state index contributed by atoms with van der Waals surface area (Å²) < 4.78 is 0. The average molecular weight is 250 g/mol. The fraction of sp³-hybridized carbons (Fsp3) is 0.462. The van der Waals surface area contributed by atoms with Gasteiger partial charge in [-0.1, -0.05) is 12.1 Å². The summed E-state index contributed by atoms with van der Waals surface area (Å²) in [4.78, 5) is 14.3. The van der Waals surface area contributed by atoms with Gasteiger partial charge in [0.2, 0.25) is 0 Å². The molecule has 92 valence electrons. The molecule has 1 heterocycles. The Balaban J connectivity index is 2.24. The van der Waals surface area contributed by atoms with Crippen molar-refractivity contribution in [2.45, 2.75) is 19.4 Å². The molecule has 1 amide bonds. The molecule has 3 nitrogen and oxygen atoms in total. The monoisotopic (exact) mass is 250 g/mol. The van der Waals surface area contributed by atoms with Crippen molar-refractivity contribution in [2.24, 2.45) is 0 Å². The third kappa shape index (κ3) is 2.41. The number of amides is 1. The molecule has 0 aliphatic carbocycles. The van der Waals surface area contributed by atoms with Crippen LogP contribution in [-0.2, 0) is 0 Å². The van der Waals surface area contributed by atoms with Crippen LogP contribution < -0.4 is 5.73 Å². The lowest BCUT2D eigenvalue weighted by Gasteiger charge is -2.25.